The number of ether oxygens (including phenoxy) is 1. The molecule has 3 atom stereocenters. The molecule has 2 saturated heterocycles. The third kappa shape index (κ3) is 4.18. The second kappa shape index (κ2) is 9.92. The molecular weight excluding hydrogens is 532 g/mol. The Morgan fingerprint density at radius 1 is 1.07 bits per heavy atom. The zero-order chi connectivity index (χ0) is 29.0. The van der Waals surface area contributed by atoms with Crippen molar-refractivity contribution in [2.45, 2.75) is 24.2 Å². The highest BCUT2D eigenvalue weighted by Crippen LogP contribution is 2.41. The van der Waals surface area contributed by atoms with Crippen molar-refractivity contribution in [3.05, 3.63) is 78.6 Å². The number of anilines is 1. The number of aliphatic hydroxyl groups is 1. The third-order valence-corrected chi connectivity index (χ3v) is 8.45. The fraction of sp³-hybridized carbons (Fsp3) is 0.300. The molecule has 5 aromatic rings. The van der Waals surface area contributed by atoms with E-state index in [0.29, 0.717) is 24.5 Å². The van der Waals surface area contributed by atoms with E-state index in [0.717, 1.165) is 45.7 Å². The first-order valence-electron chi connectivity index (χ1n) is 13.7. The molecule has 0 aliphatic carbocycles. The summed E-state index contributed by atoms with van der Waals surface area (Å²) in [5.74, 6) is 1.37. The van der Waals surface area contributed by atoms with Gasteiger partial charge in [0.15, 0.2) is 0 Å². The quantitative estimate of drug-likeness (QED) is 0.301. The van der Waals surface area contributed by atoms with Gasteiger partial charge in [0.05, 0.1) is 48.8 Å². The first-order chi connectivity index (χ1) is 20.4. The predicted molar refractivity (Wildman–Crippen MR) is 155 cm³/mol. The molecule has 0 unspecified atom stereocenters. The van der Waals surface area contributed by atoms with Crippen molar-refractivity contribution in [3.63, 3.8) is 0 Å². The first-order valence-corrected chi connectivity index (χ1v) is 13.7. The van der Waals surface area contributed by atoms with Crippen LogP contribution in [0.5, 0.6) is 5.88 Å². The van der Waals surface area contributed by atoms with Gasteiger partial charge in [0.1, 0.15) is 11.9 Å². The summed E-state index contributed by atoms with van der Waals surface area (Å²) in [5, 5.41) is 28.8. The number of rotatable bonds is 7. The zero-order valence-corrected chi connectivity index (χ0v) is 23.3. The molecule has 12 nitrogen and oxygen atoms in total. The Bertz CT molecular complexity index is 1810. The van der Waals surface area contributed by atoms with Gasteiger partial charge < -0.3 is 20.5 Å². The van der Waals surface area contributed by atoms with E-state index >= 15 is 0 Å². The van der Waals surface area contributed by atoms with Crippen LogP contribution in [0, 0.1) is 11.3 Å². The average Bonchev–Trinajstić information content (AvgIpc) is 3.67. The van der Waals surface area contributed by atoms with Gasteiger partial charge in [0, 0.05) is 85.8 Å². The minimum atomic E-state index is -0.785. The van der Waals surface area contributed by atoms with E-state index in [1.165, 1.54) is 0 Å². The summed E-state index contributed by atoms with van der Waals surface area (Å²) in [7, 11) is 3.47. The van der Waals surface area contributed by atoms with Gasteiger partial charge in [-0.15, -0.1) is 0 Å². The van der Waals surface area contributed by atoms with Gasteiger partial charge in [-0.3, -0.25) is 9.58 Å². The first kappa shape index (κ1) is 26.1. The molecule has 42 heavy (non-hydrogen) atoms. The van der Waals surface area contributed by atoms with Gasteiger partial charge in [0.25, 0.3) is 0 Å². The van der Waals surface area contributed by atoms with Gasteiger partial charge in [-0.25, -0.2) is 14.5 Å². The lowest BCUT2D eigenvalue weighted by Crippen LogP contribution is -2.71. The molecule has 0 saturated carbocycles. The number of pyridine rings is 3. The molecular formula is C30H30N10O2. The maximum Gasteiger partial charge on any atom is 0.212 e. The summed E-state index contributed by atoms with van der Waals surface area (Å²) < 4.78 is 8.67. The fourth-order valence-electron chi connectivity index (χ4n) is 6.36. The van der Waals surface area contributed by atoms with E-state index in [2.05, 4.69) is 31.1 Å². The number of nitriles is 1. The molecule has 2 fully saturated rings. The SMILES string of the molecule is COc1ccc(CN2C[C@](N)(CO)[C@H]3[C@@H]2CN3c2ccc(-c3cc(-c4cnn(C)c4)cn4ncc(C#N)c34)cn2)cn1. The van der Waals surface area contributed by atoms with Crippen LogP contribution in [0.3, 0.4) is 0 Å². The fourth-order valence-corrected chi connectivity index (χ4v) is 6.36. The van der Waals surface area contributed by atoms with Crippen LogP contribution >= 0.6 is 0 Å². The Balaban J connectivity index is 1.17. The van der Waals surface area contributed by atoms with Crippen molar-refractivity contribution in [1.82, 2.24) is 34.3 Å². The third-order valence-electron chi connectivity index (χ3n) is 8.45. The molecule has 0 bridgehead atoms. The lowest BCUT2D eigenvalue weighted by Gasteiger charge is -2.51. The molecule has 212 valence electrons. The Kier molecular flexibility index (Phi) is 6.16. The van der Waals surface area contributed by atoms with Crippen molar-refractivity contribution >= 4 is 11.3 Å². The summed E-state index contributed by atoms with van der Waals surface area (Å²) in [6.07, 6.45) is 10.9. The van der Waals surface area contributed by atoms with Crippen molar-refractivity contribution in [1.29, 1.82) is 5.26 Å². The van der Waals surface area contributed by atoms with E-state index in [1.54, 1.807) is 28.7 Å². The number of likely N-dealkylation sites (tertiary alicyclic amines) is 1. The Morgan fingerprint density at radius 3 is 2.62 bits per heavy atom. The van der Waals surface area contributed by atoms with Crippen molar-refractivity contribution in [2.24, 2.45) is 12.8 Å². The molecule has 7 heterocycles. The Morgan fingerprint density at radius 2 is 1.95 bits per heavy atom. The van der Waals surface area contributed by atoms with Crippen LogP contribution in [-0.2, 0) is 13.6 Å². The molecule has 0 radical (unpaired) electrons. The number of methoxy groups -OCH3 is 1. The van der Waals surface area contributed by atoms with Crippen molar-refractivity contribution in [3.8, 4) is 34.2 Å². The van der Waals surface area contributed by atoms with E-state index in [-0.39, 0.29) is 18.7 Å². The number of hydrogen-bond donors (Lipinski definition) is 2. The van der Waals surface area contributed by atoms with Gasteiger partial charge in [0.2, 0.25) is 5.88 Å². The second-order valence-electron chi connectivity index (χ2n) is 11.1. The Hall–Kier alpha value is -4.83. The molecule has 2 aliphatic rings. The van der Waals surface area contributed by atoms with Gasteiger partial charge >= 0.3 is 0 Å². The number of aromatic nitrogens is 6. The number of fused-ring (bicyclic) bond motifs is 2. The molecule has 12 heteroatoms. The molecule has 3 N–H and O–H groups in total. The predicted octanol–water partition coefficient (Wildman–Crippen LogP) is 1.83. The highest BCUT2D eigenvalue weighted by molar-refractivity contribution is 5.87. The average molecular weight is 563 g/mol. The maximum atomic E-state index is 10.3. The van der Waals surface area contributed by atoms with Gasteiger partial charge in [-0.1, -0.05) is 6.07 Å². The summed E-state index contributed by atoms with van der Waals surface area (Å²) in [5.41, 5.74) is 11.9. The number of aryl methyl sites for hydroxylation is 1. The highest BCUT2D eigenvalue weighted by Gasteiger charge is 2.59. The zero-order valence-electron chi connectivity index (χ0n) is 23.3. The lowest BCUT2D eigenvalue weighted by molar-refractivity contribution is 0.171. The Labute approximate surface area is 242 Å². The topological polar surface area (TPSA) is 147 Å². The monoisotopic (exact) mass is 562 g/mol. The number of nitrogens with two attached hydrogens (primary N) is 1. The van der Waals surface area contributed by atoms with E-state index in [4.69, 9.17) is 15.5 Å². The van der Waals surface area contributed by atoms with Crippen LogP contribution in [0.15, 0.2) is 67.5 Å². The molecule has 2 aliphatic heterocycles. The van der Waals surface area contributed by atoms with Crippen molar-refractivity contribution < 1.29 is 9.84 Å². The van der Waals surface area contributed by atoms with Crippen LogP contribution in [-0.4, -0.2) is 83.8 Å². The summed E-state index contributed by atoms with van der Waals surface area (Å²) >= 11 is 0. The number of aliphatic hydroxyl groups excluding tert-OH is 1. The van der Waals surface area contributed by atoms with Crippen LogP contribution in [0.1, 0.15) is 11.1 Å². The normalized spacial score (nSPS) is 21.7. The summed E-state index contributed by atoms with van der Waals surface area (Å²) in [4.78, 5) is 13.7. The molecule has 0 spiro atoms. The largest absolute Gasteiger partial charge is 0.481 e. The van der Waals surface area contributed by atoms with Crippen molar-refractivity contribution in [2.75, 3.05) is 31.7 Å². The molecule has 7 rings (SSSR count). The maximum absolute atomic E-state index is 10.3. The standard InChI is InChI=1S/C30H30N10O2/c1-37-14-23(12-35-37)21-7-24(28-22(8-31)11-36-40(28)15-21)20-4-5-26(33-10-20)39-16-25-29(39)30(32,18-41)17-38(25)13-19-3-6-27(42-2)34-9-19/h3-7,9-12,14-15,25,29,41H,13,16-18,32H2,1-2H3/t25-,29+,30-/m0/s1. The highest BCUT2D eigenvalue weighted by atomic mass is 16.5. The summed E-state index contributed by atoms with van der Waals surface area (Å²) in [6, 6.07) is 12.3. The van der Waals surface area contributed by atoms with Crippen LogP contribution < -0.4 is 15.4 Å². The molecule has 5 aromatic heterocycles. The van der Waals surface area contributed by atoms with E-state index < -0.39 is 5.54 Å². The minimum Gasteiger partial charge on any atom is -0.481 e. The minimum absolute atomic E-state index is 0.0762. The number of nitrogens with zero attached hydrogens (tertiary/aromatic N) is 9. The molecule has 0 amide bonds. The van der Waals surface area contributed by atoms with Crippen LogP contribution in [0.25, 0.3) is 27.8 Å². The number of hydrogen-bond acceptors (Lipinski definition) is 10. The van der Waals surface area contributed by atoms with E-state index in [1.807, 2.05) is 62.2 Å². The van der Waals surface area contributed by atoms with Gasteiger partial charge in [-0.05, 0) is 23.8 Å². The second-order valence-corrected chi connectivity index (χ2v) is 11.1. The van der Waals surface area contributed by atoms with Gasteiger partial charge in [-0.2, -0.15) is 15.5 Å². The van der Waals surface area contributed by atoms with Crippen LogP contribution in [0.4, 0.5) is 5.82 Å². The van der Waals surface area contributed by atoms with Crippen LogP contribution in [0.2, 0.25) is 0 Å². The lowest BCUT2D eigenvalue weighted by atomic mass is 9.84. The van der Waals surface area contributed by atoms with E-state index in [9.17, 15) is 10.4 Å². The molecule has 0 aromatic carbocycles. The summed E-state index contributed by atoms with van der Waals surface area (Å²) in [6.45, 7) is 1.88. The smallest absolute Gasteiger partial charge is 0.212 e.